The zero-order valence-electron chi connectivity index (χ0n) is 17.3. The van der Waals surface area contributed by atoms with Crippen molar-refractivity contribution >= 4 is 48.4 Å². The van der Waals surface area contributed by atoms with Crippen LogP contribution in [0.25, 0.3) is 22.6 Å². The molecule has 12 heteroatoms. The lowest BCUT2D eigenvalue weighted by Crippen LogP contribution is -2.13. The van der Waals surface area contributed by atoms with E-state index < -0.39 is 25.9 Å². The first-order chi connectivity index (χ1) is 15.7. The lowest BCUT2D eigenvalue weighted by Gasteiger charge is -2.09. The van der Waals surface area contributed by atoms with E-state index in [9.17, 15) is 21.6 Å². The molecule has 4 aromatic rings. The molecule has 2 heterocycles. The van der Waals surface area contributed by atoms with Crippen molar-refractivity contribution in [2.45, 2.75) is 16.7 Å². The number of benzene rings is 2. The van der Waals surface area contributed by atoms with Gasteiger partial charge < -0.3 is 13.3 Å². The van der Waals surface area contributed by atoms with Crippen molar-refractivity contribution in [1.82, 2.24) is 4.98 Å². The monoisotopic (exact) mass is 507 g/mol. The molecule has 0 saturated heterocycles. The summed E-state index contributed by atoms with van der Waals surface area (Å²) in [6.07, 6.45) is 0. The average Bonchev–Trinajstić information content (AvgIpc) is 3.46. The number of thiophene rings is 1. The van der Waals surface area contributed by atoms with Gasteiger partial charge in [-0.25, -0.2) is 18.2 Å². The Bertz CT molecular complexity index is 1570. The number of nitrogens with zero attached hydrogens (tertiary/aromatic N) is 1. The Hall–Kier alpha value is -3.22. The number of methoxy groups -OCH3 is 1. The molecule has 172 valence electrons. The van der Waals surface area contributed by atoms with Crippen molar-refractivity contribution in [3.8, 4) is 17.2 Å². The van der Waals surface area contributed by atoms with E-state index in [4.69, 9.17) is 8.60 Å². The molecule has 0 fully saturated rings. The van der Waals surface area contributed by atoms with Crippen molar-refractivity contribution < 1.29 is 35.0 Å². The molecule has 9 nitrogen and oxygen atoms in total. The normalized spacial score (nSPS) is 12.1. The molecule has 2 aromatic carbocycles. The molecular formula is C21H17NO8S3. The Morgan fingerprint density at radius 3 is 2.58 bits per heavy atom. The molecule has 0 saturated carbocycles. The highest BCUT2D eigenvalue weighted by Crippen LogP contribution is 2.35. The van der Waals surface area contributed by atoms with Crippen LogP contribution >= 0.6 is 11.3 Å². The van der Waals surface area contributed by atoms with Gasteiger partial charge in [0.2, 0.25) is 5.89 Å². The van der Waals surface area contributed by atoms with Gasteiger partial charge in [-0.1, -0.05) is 19.1 Å². The molecule has 0 radical (unpaired) electrons. The molecule has 2 aromatic heterocycles. The van der Waals surface area contributed by atoms with E-state index in [1.165, 1.54) is 35.7 Å². The largest absolute Gasteiger partial charge is 0.465 e. The van der Waals surface area contributed by atoms with Crippen molar-refractivity contribution in [3.63, 3.8) is 0 Å². The maximum Gasteiger partial charge on any atom is 0.349 e. The number of carbonyl (C=O) groups is 1. The molecule has 0 unspecified atom stereocenters. The van der Waals surface area contributed by atoms with Crippen LogP contribution in [-0.2, 0) is 24.7 Å². The summed E-state index contributed by atoms with van der Waals surface area (Å²) in [7, 11) is -6.67. The van der Waals surface area contributed by atoms with Crippen LogP contribution in [0.5, 0.6) is 5.75 Å². The fraction of sp³-hybridized carbons (Fsp3) is 0.143. The van der Waals surface area contributed by atoms with Gasteiger partial charge in [0.25, 0.3) is 0 Å². The third-order valence-electron chi connectivity index (χ3n) is 4.68. The van der Waals surface area contributed by atoms with Crippen LogP contribution in [-0.4, -0.2) is 40.7 Å². The average molecular weight is 508 g/mol. The highest BCUT2D eigenvalue weighted by atomic mass is 32.2. The van der Waals surface area contributed by atoms with Crippen LogP contribution in [0.4, 0.5) is 0 Å². The summed E-state index contributed by atoms with van der Waals surface area (Å²) < 4.78 is 65.8. The minimum Gasteiger partial charge on any atom is -0.465 e. The summed E-state index contributed by atoms with van der Waals surface area (Å²) in [5.74, 6) is -0.890. The third-order valence-corrected chi connectivity index (χ3v) is 8.72. The maximum atomic E-state index is 12.9. The van der Waals surface area contributed by atoms with E-state index >= 15 is 0 Å². The SMILES string of the molecule is CCS(=O)(=O)c1ccc2oc(-c3ccccc3OS(=O)(=O)c3ccsc3C(=O)OC)nc2c1. The number of sulfone groups is 1. The topological polar surface area (TPSA) is 130 Å². The number of hydrogen-bond donors (Lipinski definition) is 0. The predicted molar refractivity (Wildman–Crippen MR) is 121 cm³/mol. The van der Waals surface area contributed by atoms with Crippen molar-refractivity contribution in [2.75, 3.05) is 12.9 Å². The van der Waals surface area contributed by atoms with Gasteiger partial charge in [-0.15, -0.1) is 11.3 Å². The van der Waals surface area contributed by atoms with E-state index in [0.29, 0.717) is 11.1 Å². The van der Waals surface area contributed by atoms with E-state index in [-0.39, 0.29) is 37.6 Å². The second-order valence-corrected chi connectivity index (χ2v) is 11.4. The fourth-order valence-electron chi connectivity index (χ4n) is 3.00. The van der Waals surface area contributed by atoms with Gasteiger partial charge in [-0.3, -0.25) is 0 Å². The number of oxazole rings is 1. The van der Waals surface area contributed by atoms with Crippen LogP contribution in [0.1, 0.15) is 16.6 Å². The highest BCUT2D eigenvalue weighted by Gasteiger charge is 2.28. The molecule has 0 aliphatic heterocycles. The van der Waals surface area contributed by atoms with Crippen LogP contribution in [0.2, 0.25) is 0 Å². The summed E-state index contributed by atoms with van der Waals surface area (Å²) in [5.41, 5.74) is 0.846. The van der Waals surface area contributed by atoms with Gasteiger partial charge in [0.05, 0.1) is 23.3 Å². The minimum atomic E-state index is -4.38. The molecule has 0 aliphatic rings. The fourth-order valence-corrected chi connectivity index (χ4v) is 6.15. The quantitative estimate of drug-likeness (QED) is 0.270. The smallest absolute Gasteiger partial charge is 0.349 e. The first-order valence-corrected chi connectivity index (χ1v) is 13.4. The lowest BCUT2D eigenvalue weighted by atomic mass is 10.2. The number of rotatable bonds is 7. The number of fused-ring (bicyclic) bond motifs is 1. The van der Waals surface area contributed by atoms with Crippen LogP contribution in [0, 0.1) is 0 Å². The van der Waals surface area contributed by atoms with E-state index in [2.05, 4.69) is 9.72 Å². The first kappa shape index (κ1) is 23.0. The number of ether oxygens (including phenoxy) is 1. The van der Waals surface area contributed by atoms with E-state index in [1.54, 1.807) is 25.1 Å². The molecule has 0 atom stereocenters. The molecule has 4 rings (SSSR count). The number of esters is 1. The Kier molecular flexibility index (Phi) is 5.99. The van der Waals surface area contributed by atoms with Gasteiger partial charge in [-0.2, -0.15) is 8.42 Å². The second kappa shape index (κ2) is 8.61. The second-order valence-electron chi connectivity index (χ2n) is 6.69. The molecule has 0 bridgehead atoms. The third kappa shape index (κ3) is 4.36. The van der Waals surface area contributed by atoms with Crippen LogP contribution in [0.15, 0.2) is 68.1 Å². The molecule has 0 amide bonds. The summed E-state index contributed by atoms with van der Waals surface area (Å²) in [6.45, 7) is 1.54. The van der Waals surface area contributed by atoms with Gasteiger partial charge >= 0.3 is 16.1 Å². The summed E-state index contributed by atoms with van der Waals surface area (Å²) in [4.78, 5) is 15.9. The van der Waals surface area contributed by atoms with Gasteiger partial charge in [0.15, 0.2) is 21.2 Å². The Balaban J connectivity index is 1.75. The zero-order chi connectivity index (χ0) is 23.8. The summed E-state index contributed by atoms with van der Waals surface area (Å²) in [5, 5.41) is 1.44. The summed E-state index contributed by atoms with van der Waals surface area (Å²) in [6, 6.07) is 11.7. The molecule has 0 spiro atoms. The summed E-state index contributed by atoms with van der Waals surface area (Å²) >= 11 is 0.915. The predicted octanol–water partition coefficient (Wildman–Crippen LogP) is 3.90. The molecule has 0 N–H and O–H groups in total. The number of aromatic nitrogens is 1. The van der Waals surface area contributed by atoms with Crippen LogP contribution < -0.4 is 4.18 Å². The zero-order valence-corrected chi connectivity index (χ0v) is 19.8. The molecule has 0 aliphatic carbocycles. The van der Waals surface area contributed by atoms with Crippen molar-refractivity contribution in [2.24, 2.45) is 0 Å². The highest BCUT2D eigenvalue weighted by molar-refractivity contribution is 7.91. The van der Waals surface area contributed by atoms with Gasteiger partial charge in [0, 0.05) is 0 Å². The van der Waals surface area contributed by atoms with Gasteiger partial charge in [-0.05, 0) is 41.8 Å². The maximum absolute atomic E-state index is 12.9. The van der Waals surface area contributed by atoms with Crippen molar-refractivity contribution in [3.05, 3.63) is 58.8 Å². The standard InChI is InChI=1S/C21H17NO8S3/c1-3-32(24,25)13-8-9-17-15(12-13)22-20(29-17)14-6-4-5-7-16(14)30-33(26,27)18-10-11-31-19(18)21(23)28-2/h4-12H,3H2,1-2H3. The Morgan fingerprint density at radius 1 is 1.09 bits per heavy atom. The van der Waals surface area contributed by atoms with E-state index in [1.807, 2.05) is 0 Å². The Morgan fingerprint density at radius 2 is 1.85 bits per heavy atom. The molecular weight excluding hydrogens is 490 g/mol. The number of hydrogen-bond acceptors (Lipinski definition) is 10. The lowest BCUT2D eigenvalue weighted by molar-refractivity contribution is 0.0602. The van der Waals surface area contributed by atoms with Crippen molar-refractivity contribution in [1.29, 1.82) is 0 Å². The number of para-hydroxylation sites is 1. The number of carbonyl (C=O) groups excluding carboxylic acids is 1. The van der Waals surface area contributed by atoms with Crippen LogP contribution in [0.3, 0.4) is 0 Å². The molecule has 33 heavy (non-hydrogen) atoms. The Labute approximate surface area is 193 Å². The van der Waals surface area contributed by atoms with Gasteiger partial charge in [0.1, 0.15) is 15.3 Å². The first-order valence-electron chi connectivity index (χ1n) is 9.49. The minimum absolute atomic E-state index is 0.0420. The van der Waals surface area contributed by atoms with E-state index in [0.717, 1.165) is 18.4 Å².